The molecule has 25 heavy (non-hydrogen) atoms. The van der Waals surface area contributed by atoms with E-state index in [1.54, 1.807) is 4.68 Å². The highest BCUT2D eigenvalue weighted by molar-refractivity contribution is 6.34. The van der Waals surface area contributed by atoms with Crippen molar-refractivity contribution in [1.29, 1.82) is 0 Å². The van der Waals surface area contributed by atoms with Gasteiger partial charge in [0.2, 0.25) is 0 Å². The van der Waals surface area contributed by atoms with Crippen LogP contribution in [0.4, 0.5) is 0 Å². The molecule has 0 aliphatic heterocycles. The Labute approximate surface area is 157 Å². The van der Waals surface area contributed by atoms with Gasteiger partial charge in [-0.05, 0) is 36.2 Å². The molecular formula is C18H19Cl2N3O2. The third-order valence-corrected chi connectivity index (χ3v) is 4.39. The molecule has 0 aliphatic carbocycles. The standard InChI is InChI=1S/C18H19Cl2N3O2/c1-6-15-17(20)18(21-23(15)3)13-10-12(14(19)9-11(13)2)7-8-16(24-4)22-25-5/h9-10H,6H2,1-5H3/b22-16-. The van der Waals surface area contributed by atoms with Crippen LogP contribution in [0.2, 0.25) is 10.0 Å². The number of halogens is 2. The first-order valence-electron chi connectivity index (χ1n) is 7.61. The van der Waals surface area contributed by atoms with E-state index in [4.69, 9.17) is 27.9 Å². The fourth-order valence-electron chi connectivity index (χ4n) is 2.43. The first-order chi connectivity index (χ1) is 11.9. The number of hydrogen-bond donors (Lipinski definition) is 0. The first kappa shape index (κ1) is 19.2. The fourth-order valence-corrected chi connectivity index (χ4v) is 3.09. The lowest BCUT2D eigenvalue weighted by molar-refractivity contribution is 0.201. The van der Waals surface area contributed by atoms with E-state index >= 15 is 0 Å². The molecule has 2 rings (SSSR count). The molecular weight excluding hydrogens is 361 g/mol. The minimum absolute atomic E-state index is 0.157. The molecule has 2 aromatic rings. The number of oxime groups is 1. The molecule has 1 aromatic carbocycles. The van der Waals surface area contributed by atoms with Crippen LogP contribution in [0.5, 0.6) is 0 Å². The highest BCUT2D eigenvalue weighted by Crippen LogP contribution is 2.34. The van der Waals surface area contributed by atoms with Crippen LogP contribution in [0.15, 0.2) is 17.3 Å². The summed E-state index contributed by atoms with van der Waals surface area (Å²) in [7, 11) is 4.77. The number of ether oxygens (including phenoxy) is 1. The van der Waals surface area contributed by atoms with E-state index in [-0.39, 0.29) is 5.90 Å². The van der Waals surface area contributed by atoms with Crippen molar-refractivity contribution in [1.82, 2.24) is 9.78 Å². The molecule has 0 radical (unpaired) electrons. The lowest BCUT2D eigenvalue weighted by atomic mass is 10.0. The molecule has 0 amide bonds. The van der Waals surface area contributed by atoms with Crippen molar-refractivity contribution in [3.63, 3.8) is 0 Å². The zero-order chi connectivity index (χ0) is 18.6. The maximum atomic E-state index is 6.51. The van der Waals surface area contributed by atoms with Crippen LogP contribution < -0.4 is 0 Å². The summed E-state index contributed by atoms with van der Waals surface area (Å²) in [5, 5.41) is 9.39. The zero-order valence-corrected chi connectivity index (χ0v) is 16.3. The molecule has 0 aliphatic rings. The number of hydrogen-bond acceptors (Lipinski definition) is 4. The average molecular weight is 380 g/mol. The van der Waals surface area contributed by atoms with Crippen LogP contribution >= 0.6 is 23.2 Å². The molecule has 0 spiro atoms. The molecule has 1 aromatic heterocycles. The summed E-state index contributed by atoms with van der Waals surface area (Å²) in [6.45, 7) is 4.00. The average Bonchev–Trinajstić information content (AvgIpc) is 2.86. The van der Waals surface area contributed by atoms with Gasteiger partial charge in [0, 0.05) is 24.1 Å². The Balaban J connectivity index is 2.56. The lowest BCUT2D eigenvalue weighted by Gasteiger charge is -2.06. The van der Waals surface area contributed by atoms with Crippen LogP contribution in [0.1, 0.15) is 23.7 Å². The normalized spacial score (nSPS) is 11.1. The van der Waals surface area contributed by atoms with Crippen LogP contribution in [0.25, 0.3) is 11.3 Å². The summed E-state index contributed by atoms with van der Waals surface area (Å²) in [6.07, 6.45) is 0.798. The highest BCUT2D eigenvalue weighted by atomic mass is 35.5. The van der Waals surface area contributed by atoms with Gasteiger partial charge >= 0.3 is 5.90 Å². The topological polar surface area (TPSA) is 48.6 Å². The summed E-state index contributed by atoms with van der Waals surface area (Å²) >= 11 is 12.8. The Kier molecular flexibility index (Phi) is 6.35. The van der Waals surface area contributed by atoms with Gasteiger partial charge in [-0.1, -0.05) is 36.0 Å². The highest BCUT2D eigenvalue weighted by Gasteiger charge is 2.17. The predicted molar refractivity (Wildman–Crippen MR) is 101 cm³/mol. The lowest BCUT2D eigenvalue weighted by Crippen LogP contribution is -1.98. The largest absolute Gasteiger partial charge is 0.473 e. The van der Waals surface area contributed by atoms with Crippen LogP contribution in [-0.2, 0) is 23.0 Å². The smallest absolute Gasteiger partial charge is 0.303 e. The molecule has 0 bridgehead atoms. The fraction of sp³-hybridized carbons (Fsp3) is 0.333. The van der Waals surface area contributed by atoms with Gasteiger partial charge in [0.1, 0.15) is 12.8 Å². The summed E-state index contributed by atoms with van der Waals surface area (Å²) in [5.74, 6) is 5.88. The van der Waals surface area contributed by atoms with E-state index in [2.05, 4.69) is 26.9 Å². The van der Waals surface area contributed by atoms with E-state index in [1.165, 1.54) is 14.2 Å². The van der Waals surface area contributed by atoms with Crippen molar-refractivity contribution in [2.75, 3.05) is 14.2 Å². The Morgan fingerprint density at radius 3 is 2.60 bits per heavy atom. The van der Waals surface area contributed by atoms with Crippen molar-refractivity contribution in [2.45, 2.75) is 20.3 Å². The van der Waals surface area contributed by atoms with Gasteiger partial charge < -0.3 is 9.57 Å². The Hall–Kier alpha value is -2.16. The molecule has 0 N–H and O–H groups in total. The summed E-state index contributed by atoms with van der Waals surface area (Å²) in [5.41, 5.74) is 4.18. The molecule has 0 unspecified atom stereocenters. The second-order valence-corrected chi connectivity index (χ2v) is 6.05. The van der Waals surface area contributed by atoms with Crippen molar-refractivity contribution >= 4 is 29.1 Å². The Morgan fingerprint density at radius 1 is 1.32 bits per heavy atom. The van der Waals surface area contributed by atoms with E-state index in [9.17, 15) is 0 Å². The molecule has 7 heteroatoms. The minimum atomic E-state index is 0.157. The second-order valence-electron chi connectivity index (χ2n) is 5.27. The molecule has 5 nitrogen and oxygen atoms in total. The Bertz CT molecular complexity index is 877. The first-order valence-corrected chi connectivity index (χ1v) is 8.37. The van der Waals surface area contributed by atoms with E-state index in [0.29, 0.717) is 15.6 Å². The van der Waals surface area contributed by atoms with Crippen molar-refractivity contribution in [3.05, 3.63) is 39.0 Å². The van der Waals surface area contributed by atoms with Gasteiger partial charge in [0.25, 0.3) is 0 Å². The van der Waals surface area contributed by atoms with Crippen LogP contribution in [0, 0.1) is 18.8 Å². The number of methoxy groups -OCH3 is 1. The minimum Gasteiger partial charge on any atom is -0.473 e. The summed E-state index contributed by atoms with van der Waals surface area (Å²) in [4.78, 5) is 4.67. The van der Waals surface area contributed by atoms with Gasteiger partial charge in [0.05, 0.1) is 22.8 Å². The van der Waals surface area contributed by atoms with E-state index < -0.39 is 0 Å². The second kappa shape index (κ2) is 8.28. The predicted octanol–water partition coefficient (Wildman–Crippen LogP) is 4.22. The van der Waals surface area contributed by atoms with Gasteiger partial charge in [0.15, 0.2) is 0 Å². The van der Waals surface area contributed by atoms with E-state index in [1.807, 2.05) is 33.0 Å². The van der Waals surface area contributed by atoms with Gasteiger partial charge in [-0.25, -0.2) is 0 Å². The van der Waals surface area contributed by atoms with Crippen LogP contribution in [0.3, 0.4) is 0 Å². The zero-order valence-electron chi connectivity index (χ0n) is 14.8. The number of nitrogens with zero attached hydrogens (tertiary/aromatic N) is 3. The molecule has 0 saturated heterocycles. The Morgan fingerprint density at radius 2 is 2.04 bits per heavy atom. The summed E-state index contributed by atoms with van der Waals surface area (Å²) in [6, 6.07) is 3.72. The number of aryl methyl sites for hydroxylation is 2. The number of benzene rings is 1. The SMILES string of the molecule is CCc1c(Cl)c(-c2cc(C#C/C(=N/OC)OC)c(Cl)cc2C)nn1C. The molecule has 132 valence electrons. The van der Waals surface area contributed by atoms with Gasteiger partial charge in [-0.2, -0.15) is 5.10 Å². The molecule has 0 saturated carbocycles. The quantitative estimate of drug-likeness (QED) is 0.347. The van der Waals surface area contributed by atoms with Crippen molar-refractivity contribution in [2.24, 2.45) is 12.2 Å². The third-order valence-electron chi connectivity index (χ3n) is 3.68. The van der Waals surface area contributed by atoms with Crippen molar-refractivity contribution in [3.8, 4) is 23.1 Å². The summed E-state index contributed by atoms with van der Waals surface area (Å²) < 4.78 is 6.81. The molecule has 0 atom stereocenters. The maximum Gasteiger partial charge on any atom is 0.303 e. The van der Waals surface area contributed by atoms with Crippen LogP contribution in [-0.4, -0.2) is 29.9 Å². The molecule has 1 heterocycles. The van der Waals surface area contributed by atoms with Gasteiger partial charge in [-0.3, -0.25) is 4.68 Å². The van der Waals surface area contributed by atoms with Gasteiger partial charge in [-0.15, -0.1) is 0 Å². The van der Waals surface area contributed by atoms with E-state index in [0.717, 1.165) is 28.9 Å². The maximum absolute atomic E-state index is 6.51. The molecule has 0 fully saturated rings. The number of aromatic nitrogens is 2. The third kappa shape index (κ3) is 4.09. The van der Waals surface area contributed by atoms with Crippen molar-refractivity contribution < 1.29 is 9.57 Å². The number of rotatable bonds is 3. The monoisotopic (exact) mass is 379 g/mol.